The molecule has 2 aromatic rings. The first-order chi connectivity index (χ1) is 10.6. The van der Waals surface area contributed by atoms with Crippen LogP contribution in [0.1, 0.15) is 23.5 Å². The zero-order chi connectivity index (χ0) is 15.3. The number of carbonyl (C=O) groups is 2. The molecule has 0 radical (unpaired) electrons. The Morgan fingerprint density at radius 3 is 3.00 bits per heavy atom. The Morgan fingerprint density at radius 2 is 2.18 bits per heavy atom. The molecule has 0 bridgehead atoms. The first-order valence-corrected chi connectivity index (χ1v) is 7.56. The number of nitrogens with one attached hydrogen (secondary N) is 3. The Kier molecular flexibility index (Phi) is 2.94. The van der Waals surface area contributed by atoms with E-state index in [2.05, 4.69) is 33.9 Å². The van der Waals surface area contributed by atoms with Gasteiger partial charge in [-0.25, -0.2) is 4.79 Å². The third kappa shape index (κ3) is 1.99. The van der Waals surface area contributed by atoms with Gasteiger partial charge in [-0.1, -0.05) is 12.1 Å². The molecule has 1 aromatic carbocycles. The normalized spacial score (nSPS) is 26.5. The molecule has 1 aliphatic heterocycles. The van der Waals surface area contributed by atoms with E-state index in [1.54, 1.807) is 0 Å². The number of nitrogens with two attached hydrogens (primary N) is 1. The molecule has 6 nitrogen and oxygen atoms in total. The van der Waals surface area contributed by atoms with Crippen LogP contribution < -0.4 is 16.4 Å². The maximum absolute atomic E-state index is 12.1. The van der Waals surface area contributed by atoms with Gasteiger partial charge in [-0.15, -0.1) is 0 Å². The molecule has 3 amide bonds. The summed E-state index contributed by atoms with van der Waals surface area (Å²) < 4.78 is 0. The van der Waals surface area contributed by atoms with Crippen molar-refractivity contribution in [3.8, 4) is 0 Å². The van der Waals surface area contributed by atoms with E-state index in [1.165, 1.54) is 16.5 Å². The van der Waals surface area contributed by atoms with Gasteiger partial charge < -0.3 is 16.0 Å². The molecule has 2 heterocycles. The number of primary amides is 1. The number of H-pyrrole nitrogens is 1. The Labute approximate surface area is 127 Å². The molecule has 22 heavy (non-hydrogen) atoms. The smallest absolute Gasteiger partial charge is 0.318 e. The quantitative estimate of drug-likeness (QED) is 0.631. The lowest BCUT2D eigenvalue weighted by Crippen LogP contribution is -2.51. The van der Waals surface area contributed by atoms with Crippen molar-refractivity contribution in [2.75, 3.05) is 6.54 Å². The average molecular weight is 298 g/mol. The van der Waals surface area contributed by atoms with E-state index in [0.29, 0.717) is 12.6 Å². The highest BCUT2D eigenvalue weighted by atomic mass is 16.2. The van der Waals surface area contributed by atoms with Crippen molar-refractivity contribution in [3.05, 3.63) is 35.5 Å². The summed E-state index contributed by atoms with van der Waals surface area (Å²) in [4.78, 5) is 26.3. The van der Waals surface area contributed by atoms with Gasteiger partial charge in [-0.3, -0.25) is 10.1 Å². The van der Waals surface area contributed by atoms with Crippen LogP contribution in [0.25, 0.3) is 10.9 Å². The van der Waals surface area contributed by atoms with Crippen molar-refractivity contribution in [2.45, 2.75) is 24.8 Å². The molecule has 0 spiro atoms. The zero-order valence-corrected chi connectivity index (χ0v) is 12.1. The lowest BCUT2D eigenvalue weighted by Gasteiger charge is -2.39. The molecule has 5 N–H and O–H groups in total. The van der Waals surface area contributed by atoms with Gasteiger partial charge >= 0.3 is 6.03 Å². The van der Waals surface area contributed by atoms with Crippen LogP contribution in [0, 0.1) is 5.92 Å². The van der Waals surface area contributed by atoms with Gasteiger partial charge in [0.15, 0.2) is 0 Å². The summed E-state index contributed by atoms with van der Waals surface area (Å²) in [5.41, 5.74) is 8.81. The van der Waals surface area contributed by atoms with Crippen molar-refractivity contribution in [1.82, 2.24) is 15.6 Å². The molecule has 4 rings (SSSR count). The monoisotopic (exact) mass is 298 g/mol. The summed E-state index contributed by atoms with van der Waals surface area (Å²) in [6, 6.07) is 5.83. The van der Waals surface area contributed by atoms with E-state index in [-0.39, 0.29) is 17.7 Å². The van der Waals surface area contributed by atoms with Crippen LogP contribution in [0.3, 0.4) is 0 Å². The highest BCUT2D eigenvalue weighted by Gasteiger charge is 2.38. The van der Waals surface area contributed by atoms with E-state index in [0.717, 1.165) is 18.4 Å². The van der Waals surface area contributed by atoms with Gasteiger partial charge in [0.1, 0.15) is 0 Å². The van der Waals surface area contributed by atoms with Crippen LogP contribution >= 0.6 is 0 Å². The zero-order valence-electron chi connectivity index (χ0n) is 12.1. The van der Waals surface area contributed by atoms with Gasteiger partial charge in [0.05, 0.1) is 5.92 Å². The third-order valence-electron chi connectivity index (χ3n) is 4.93. The first-order valence-electron chi connectivity index (χ1n) is 7.56. The lowest BCUT2D eigenvalue weighted by atomic mass is 9.73. The minimum absolute atomic E-state index is 0.232. The van der Waals surface area contributed by atoms with Crippen molar-refractivity contribution in [2.24, 2.45) is 11.7 Å². The number of hydrogen-bond donors (Lipinski definition) is 4. The number of aromatic amines is 1. The van der Waals surface area contributed by atoms with Crippen LogP contribution in [-0.2, 0) is 11.2 Å². The molecular formula is C16H18N4O2. The standard InChI is InChI=1S/C16H18N4O2/c17-16(22)20-15(21)9-4-11-10-2-1-3-12-14(10)8(6-18-12)5-13(11)19-7-9/h1-3,6,9,11,13,18-19H,4-5,7H2,(H3,17,20,21,22)/t9-,11-,13-/m1/s1. The van der Waals surface area contributed by atoms with Crippen molar-refractivity contribution >= 4 is 22.8 Å². The van der Waals surface area contributed by atoms with E-state index in [4.69, 9.17) is 5.73 Å². The summed E-state index contributed by atoms with van der Waals surface area (Å²) in [5, 5.41) is 6.97. The predicted molar refractivity (Wildman–Crippen MR) is 82.4 cm³/mol. The van der Waals surface area contributed by atoms with Crippen LogP contribution in [0.5, 0.6) is 0 Å². The fourth-order valence-electron chi connectivity index (χ4n) is 3.96. The molecule has 3 atom stereocenters. The second-order valence-electron chi connectivity index (χ2n) is 6.20. The summed E-state index contributed by atoms with van der Waals surface area (Å²) in [5.74, 6) is -0.237. The number of piperidine rings is 1. The molecule has 1 aliphatic carbocycles. The van der Waals surface area contributed by atoms with Gasteiger partial charge in [-0.2, -0.15) is 0 Å². The number of benzene rings is 1. The Balaban J connectivity index is 1.67. The van der Waals surface area contributed by atoms with Crippen LogP contribution in [0.4, 0.5) is 4.79 Å². The Hall–Kier alpha value is -2.34. The number of amides is 3. The van der Waals surface area contributed by atoms with Crippen molar-refractivity contribution in [1.29, 1.82) is 0 Å². The largest absolute Gasteiger partial charge is 0.361 e. The Morgan fingerprint density at radius 1 is 1.32 bits per heavy atom. The SMILES string of the molecule is NC(=O)NC(=O)[C@H]1CN[C@@H]2Cc3c[nH]c4cccc(c34)[C@H]2C1. The summed E-state index contributed by atoms with van der Waals surface area (Å²) in [6.07, 6.45) is 3.78. The maximum Gasteiger partial charge on any atom is 0.318 e. The number of hydrogen-bond acceptors (Lipinski definition) is 3. The molecule has 0 unspecified atom stereocenters. The van der Waals surface area contributed by atoms with E-state index >= 15 is 0 Å². The molecule has 114 valence electrons. The van der Waals surface area contributed by atoms with Crippen LogP contribution in [-0.4, -0.2) is 29.5 Å². The lowest BCUT2D eigenvalue weighted by molar-refractivity contribution is -0.124. The number of fused-ring (bicyclic) bond motifs is 2. The molecule has 1 fully saturated rings. The van der Waals surface area contributed by atoms with Gasteiger partial charge in [0, 0.05) is 35.6 Å². The van der Waals surface area contributed by atoms with Gasteiger partial charge in [0.25, 0.3) is 0 Å². The second-order valence-corrected chi connectivity index (χ2v) is 6.20. The molecule has 1 aromatic heterocycles. The summed E-state index contributed by atoms with van der Waals surface area (Å²) in [6.45, 7) is 0.579. The Bertz CT molecular complexity index is 767. The number of carbonyl (C=O) groups excluding carboxylic acids is 2. The number of aromatic nitrogens is 1. The third-order valence-corrected chi connectivity index (χ3v) is 4.93. The topological polar surface area (TPSA) is 100 Å². The van der Waals surface area contributed by atoms with E-state index in [9.17, 15) is 9.59 Å². The maximum atomic E-state index is 12.1. The fourth-order valence-corrected chi connectivity index (χ4v) is 3.96. The predicted octanol–water partition coefficient (Wildman–Crippen LogP) is 0.981. The van der Waals surface area contributed by atoms with Crippen molar-refractivity contribution in [3.63, 3.8) is 0 Å². The van der Waals surface area contributed by atoms with E-state index < -0.39 is 6.03 Å². The van der Waals surface area contributed by atoms with E-state index in [1.807, 2.05) is 6.07 Å². The molecule has 0 saturated carbocycles. The highest BCUT2D eigenvalue weighted by Crippen LogP contribution is 2.41. The van der Waals surface area contributed by atoms with Gasteiger partial charge in [-0.05, 0) is 30.0 Å². The number of rotatable bonds is 1. The summed E-state index contributed by atoms with van der Waals surface area (Å²) in [7, 11) is 0. The van der Waals surface area contributed by atoms with Crippen LogP contribution in [0.2, 0.25) is 0 Å². The minimum Gasteiger partial charge on any atom is -0.361 e. The van der Waals surface area contributed by atoms with Gasteiger partial charge in [0.2, 0.25) is 5.91 Å². The number of urea groups is 1. The van der Waals surface area contributed by atoms with Crippen molar-refractivity contribution < 1.29 is 9.59 Å². The molecule has 2 aliphatic rings. The molecule has 6 heteroatoms. The average Bonchev–Trinajstić information content (AvgIpc) is 2.91. The summed E-state index contributed by atoms with van der Waals surface area (Å²) >= 11 is 0. The molecular weight excluding hydrogens is 280 g/mol. The first kappa shape index (κ1) is 13.3. The minimum atomic E-state index is -0.786. The highest BCUT2D eigenvalue weighted by molar-refractivity contribution is 5.95. The fraction of sp³-hybridized carbons (Fsp3) is 0.375. The second kappa shape index (κ2) is 4.84. The number of imide groups is 1. The molecule has 1 saturated heterocycles. The van der Waals surface area contributed by atoms with Crippen LogP contribution in [0.15, 0.2) is 24.4 Å².